The summed E-state index contributed by atoms with van der Waals surface area (Å²) < 4.78 is 0. The quantitative estimate of drug-likeness (QED) is 0.361. The average molecular weight is 258 g/mol. The van der Waals surface area contributed by atoms with Crippen LogP contribution in [0.1, 0.15) is 22.9 Å². The normalized spacial score (nSPS) is 10.9. The van der Waals surface area contributed by atoms with Gasteiger partial charge in [-0.3, -0.25) is 14.9 Å². The van der Waals surface area contributed by atoms with Gasteiger partial charge in [0.2, 0.25) is 0 Å². The third-order valence-electron chi connectivity index (χ3n) is 2.15. The minimum Gasteiger partial charge on any atom is -0.481 e. The molecule has 7 nitrogen and oxygen atoms in total. The Bertz CT molecular complexity index is 480. The molecule has 0 radical (unpaired) electrons. The number of aliphatic carboxylic acids is 1. The molecule has 0 amide bonds. The van der Waals surface area contributed by atoms with Gasteiger partial charge in [-0.05, 0) is 12.0 Å². The van der Waals surface area contributed by atoms with Crippen molar-refractivity contribution in [2.24, 2.45) is 5.16 Å². The third kappa shape index (κ3) is 2.78. The van der Waals surface area contributed by atoms with Crippen LogP contribution in [0.3, 0.4) is 0 Å². The van der Waals surface area contributed by atoms with E-state index >= 15 is 0 Å². The number of rotatable bonds is 5. The first-order valence-electron chi connectivity index (χ1n) is 4.69. The van der Waals surface area contributed by atoms with Gasteiger partial charge >= 0.3 is 11.0 Å². The fraction of sp³-hybridized carbons (Fsp3) is 0.333. The molecule has 2 N–H and O–H groups in total. The molecule has 0 atom stereocenters. The van der Waals surface area contributed by atoms with Gasteiger partial charge in [0.25, 0.3) is 0 Å². The number of nitro groups is 1. The van der Waals surface area contributed by atoms with Gasteiger partial charge < -0.3 is 10.3 Å². The summed E-state index contributed by atoms with van der Waals surface area (Å²) >= 11 is 0.814. The van der Waals surface area contributed by atoms with Crippen LogP contribution in [0, 0.1) is 10.1 Å². The second-order valence-corrected chi connectivity index (χ2v) is 4.18. The number of nitrogens with zero attached hydrogens (tertiary/aromatic N) is 2. The van der Waals surface area contributed by atoms with Crippen LogP contribution in [0.5, 0.6) is 0 Å². The second kappa shape index (κ2) is 5.39. The van der Waals surface area contributed by atoms with E-state index in [0.717, 1.165) is 17.6 Å². The molecule has 1 rings (SSSR count). The zero-order chi connectivity index (χ0) is 13.0. The number of oxime groups is 1. The van der Waals surface area contributed by atoms with Crippen LogP contribution in [0.15, 0.2) is 5.16 Å². The Morgan fingerprint density at radius 2 is 2.24 bits per heavy atom. The molecule has 0 saturated carbocycles. The van der Waals surface area contributed by atoms with Gasteiger partial charge in [-0.15, -0.1) is 0 Å². The van der Waals surface area contributed by atoms with E-state index in [1.54, 1.807) is 6.92 Å². The van der Waals surface area contributed by atoms with Crippen molar-refractivity contribution in [1.29, 1.82) is 0 Å². The van der Waals surface area contributed by atoms with Gasteiger partial charge in [0.05, 0.1) is 28.0 Å². The number of carbonyl (C=O) groups is 1. The maximum atomic E-state index is 10.8. The lowest BCUT2D eigenvalue weighted by Crippen LogP contribution is -2.04. The van der Waals surface area contributed by atoms with Crippen molar-refractivity contribution in [2.45, 2.75) is 19.8 Å². The summed E-state index contributed by atoms with van der Waals surface area (Å²) in [6.45, 7) is 1.76. The SMILES string of the molecule is CCc1c(C=NO)sc([N+](=O)[O-])c1CC(=O)O. The maximum Gasteiger partial charge on any atom is 0.328 e. The van der Waals surface area contributed by atoms with Crippen molar-refractivity contribution in [2.75, 3.05) is 0 Å². The van der Waals surface area contributed by atoms with Gasteiger partial charge in [-0.2, -0.15) is 0 Å². The first-order valence-corrected chi connectivity index (χ1v) is 5.51. The zero-order valence-corrected chi connectivity index (χ0v) is 9.73. The molecular formula is C9H10N2O5S. The molecule has 0 aromatic carbocycles. The van der Waals surface area contributed by atoms with Crippen molar-refractivity contribution in [3.63, 3.8) is 0 Å². The average Bonchev–Trinajstić information content (AvgIpc) is 2.56. The molecule has 8 heteroatoms. The second-order valence-electron chi connectivity index (χ2n) is 3.15. The highest BCUT2D eigenvalue weighted by Gasteiger charge is 2.25. The predicted octanol–water partition coefficient (Wildman–Crippen LogP) is 1.65. The van der Waals surface area contributed by atoms with E-state index in [0.29, 0.717) is 16.9 Å². The van der Waals surface area contributed by atoms with E-state index in [-0.39, 0.29) is 10.6 Å². The molecule has 1 aromatic heterocycles. The molecule has 92 valence electrons. The summed E-state index contributed by atoms with van der Waals surface area (Å²) in [5, 5.41) is 30.6. The molecule has 1 aromatic rings. The monoisotopic (exact) mass is 258 g/mol. The lowest BCUT2D eigenvalue weighted by atomic mass is 10.1. The minimum atomic E-state index is -1.13. The molecular weight excluding hydrogens is 248 g/mol. The van der Waals surface area contributed by atoms with E-state index < -0.39 is 17.3 Å². The first kappa shape index (κ1) is 13.1. The van der Waals surface area contributed by atoms with Crippen molar-refractivity contribution in [1.82, 2.24) is 0 Å². The highest BCUT2D eigenvalue weighted by molar-refractivity contribution is 7.17. The van der Waals surface area contributed by atoms with Gasteiger partial charge in [0.15, 0.2) is 0 Å². The molecule has 0 bridgehead atoms. The summed E-state index contributed by atoms with van der Waals surface area (Å²) in [5.74, 6) is -1.13. The maximum absolute atomic E-state index is 10.8. The molecule has 0 saturated heterocycles. The van der Waals surface area contributed by atoms with E-state index in [4.69, 9.17) is 10.3 Å². The van der Waals surface area contributed by atoms with Crippen LogP contribution in [0.25, 0.3) is 0 Å². The third-order valence-corrected chi connectivity index (χ3v) is 3.31. The Labute approximate surface area is 100 Å². The van der Waals surface area contributed by atoms with E-state index in [2.05, 4.69) is 5.16 Å². The van der Waals surface area contributed by atoms with Gasteiger partial charge in [-0.25, -0.2) is 0 Å². The smallest absolute Gasteiger partial charge is 0.328 e. The highest BCUT2D eigenvalue weighted by Crippen LogP contribution is 2.35. The number of hydrogen-bond donors (Lipinski definition) is 2. The number of thiophene rings is 1. The van der Waals surface area contributed by atoms with Crippen LogP contribution >= 0.6 is 11.3 Å². The van der Waals surface area contributed by atoms with Crippen LogP contribution in [-0.4, -0.2) is 27.4 Å². The summed E-state index contributed by atoms with van der Waals surface area (Å²) in [6.07, 6.45) is 1.12. The number of carboxylic acids is 1. The summed E-state index contributed by atoms with van der Waals surface area (Å²) in [6, 6.07) is 0. The van der Waals surface area contributed by atoms with Gasteiger partial charge in [0, 0.05) is 0 Å². The zero-order valence-electron chi connectivity index (χ0n) is 8.91. The lowest BCUT2D eigenvalue weighted by molar-refractivity contribution is -0.380. The predicted molar refractivity (Wildman–Crippen MR) is 61.1 cm³/mol. The Morgan fingerprint density at radius 3 is 2.65 bits per heavy atom. The number of carboxylic acid groups (broad SMARTS) is 1. The molecule has 1 heterocycles. The topological polar surface area (TPSA) is 113 Å². The molecule has 0 aliphatic carbocycles. The van der Waals surface area contributed by atoms with Crippen molar-refractivity contribution >= 4 is 28.5 Å². The molecule has 0 aliphatic heterocycles. The van der Waals surface area contributed by atoms with E-state index in [1.807, 2.05) is 0 Å². The van der Waals surface area contributed by atoms with E-state index in [9.17, 15) is 14.9 Å². The Morgan fingerprint density at radius 1 is 1.59 bits per heavy atom. The molecule has 0 unspecified atom stereocenters. The molecule has 0 aliphatic rings. The molecule has 17 heavy (non-hydrogen) atoms. The lowest BCUT2D eigenvalue weighted by Gasteiger charge is -1.98. The van der Waals surface area contributed by atoms with Crippen LogP contribution in [-0.2, 0) is 17.6 Å². The molecule has 0 fully saturated rings. The van der Waals surface area contributed by atoms with Gasteiger partial charge in [-0.1, -0.05) is 23.4 Å². The Balaban J connectivity index is 3.39. The summed E-state index contributed by atoms with van der Waals surface area (Å²) in [5.41, 5.74) is 0.729. The fourth-order valence-electron chi connectivity index (χ4n) is 1.53. The van der Waals surface area contributed by atoms with Crippen LogP contribution in [0.2, 0.25) is 0 Å². The summed E-state index contributed by atoms with van der Waals surface area (Å²) in [7, 11) is 0. The summed E-state index contributed by atoms with van der Waals surface area (Å²) in [4.78, 5) is 21.3. The van der Waals surface area contributed by atoms with Crippen molar-refractivity contribution in [3.05, 3.63) is 26.1 Å². The standard InChI is InChI=1S/C9H10N2O5S/c1-2-5-6(3-8(12)13)9(11(15)16)17-7(5)4-10-14/h4,14H,2-3H2,1H3,(H,12,13). The van der Waals surface area contributed by atoms with Crippen molar-refractivity contribution < 1.29 is 20.0 Å². The number of hydrogen-bond acceptors (Lipinski definition) is 6. The van der Waals surface area contributed by atoms with Crippen molar-refractivity contribution in [3.8, 4) is 0 Å². The Hall–Kier alpha value is -1.96. The highest BCUT2D eigenvalue weighted by atomic mass is 32.1. The van der Waals surface area contributed by atoms with Crippen LogP contribution < -0.4 is 0 Å². The fourth-order valence-corrected chi connectivity index (χ4v) is 2.62. The first-order chi connectivity index (χ1) is 8.01. The Kier molecular flexibility index (Phi) is 4.16. The minimum absolute atomic E-state index is 0.185. The van der Waals surface area contributed by atoms with E-state index in [1.165, 1.54) is 0 Å². The molecule has 0 spiro atoms. The van der Waals surface area contributed by atoms with Crippen LogP contribution in [0.4, 0.5) is 5.00 Å². The van der Waals surface area contributed by atoms with Gasteiger partial charge in [0.1, 0.15) is 0 Å². The largest absolute Gasteiger partial charge is 0.481 e.